The maximum absolute atomic E-state index is 12.0. The lowest BCUT2D eigenvalue weighted by Gasteiger charge is -2.11. The lowest BCUT2D eigenvalue weighted by Crippen LogP contribution is -2.24. The third-order valence-corrected chi connectivity index (χ3v) is 4.57. The van der Waals surface area contributed by atoms with Crippen molar-refractivity contribution in [1.82, 2.24) is 0 Å². The van der Waals surface area contributed by atoms with Crippen LogP contribution in [-0.4, -0.2) is 28.7 Å². The van der Waals surface area contributed by atoms with Gasteiger partial charge in [0.25, 0.3) is 11.6 Å². The number of nitrogens with one attached hydrogen (secondary N) is 1. The minimum Gasteiger partial charge on any atom is -0.455 e. The Balaban J connectivity index is 1.85. The van der Waals surface area contributed by atoms with Crippen LogP contribution in [0.1, 0.15) is 6.92 Å². The monoisotopic (exact) mass is 394 g/mol. The third-order valence-electron chi connectivity index (χ3n) is 3.16. The minimum atomic E-state index is -0.652. The molecule has 0 spiro atoms. The number of anilines is 1. The van der Waals surface area contributed by atoms with E-state index in [2.05, 4.69) is 5.32 Å². The molecule has 0 radical (unpaired) electrons. The van der Waals surface area contributed by atoms with Crippen LogP contribution in [0.3, 0.4) is 0 Å². The fraction of sp³-hybridized carbons (Fsp3) is 0.176. The number of nitrogens with zero attached hydrogens (tertiary/aromatic N) is 1. The zero-order chi connectivity index (χ0) is 19.1. The van der Waals surface area contributed by atoms with Crippen molar-refractivity contribution in [3.63, 3.8) is 0 Å². The predicted octanol–water partition coefficient (Wildman–Crippen LogP) is 3.91. The van der Waals surface area contributed by atoms with E-state index < -0.39 is 28.7 Å². The molecule has 0 aliphatic carbocycles. The average molecular weight is 395 g/mol. The Bertz CT molecular complexity index is 816. The van der Waals surface area contributed by atoms with Gasteiger partial charge in [0.15, 0.2) is 6.61 Å². The fourth-order valence-corrected chi connectivity index (χ4v) is 3.01. The first kappa shape index (κ1) is 19.7. The molecule has 0 aliphatic rings. The number of rotatable bonds is 7. The zero-order valence-corrected chi connectivity index (χ0v) is 15.3. The van der Waals surface area contributed by atoms with Gasteiger partial charge in [0.2, 0.25) is 0 Å². The molecule has 0 saturated carbocycles. The molecule has 2 aromatic rings. The molecule has 0 saturated heterocycles. The highest BCUT2D eigenvalue weighted by Crippen LogP contribution is 2.27. The van der Waals surface area contributed by atoms with Gasteiger partial charge in [-0.2, -0.15) is 0 Å². The van der Waals surface area contributed by atoms with Crippen LogP contribution < -0.4 is 5.32 Å². The Morgan fingerprint density at radius 3 is 2.62 bits per heavy atom. The summed E-state index contributed by atoms with van der Waals surface area (Å²) in [4.78, 5) is 34.9. The average Bonchev–Trinajstić information content (AvgIpc) is 2.61. The summed E-state index contributed by atoms with van der Waals surface area (Å²) in [7, 11) is 0. The molecule has 1 N–H and O–H groups in total. The molecule has 0 heterocycles. The molecule has 26 heavy (non-hydrogen) atoms. The quantitative estimate of drug-likeness (QED) is 0.331. The molecule has 7 nitrogen and oxygen atoms in total. The van der Waals surface area contributed by atoms with Crippen LogP contribution in [0.25, 0.3) is 0 Å². The number of ether oxygens (including phenoxy) is 1. The minimum absolute atomic E-state index is 0.0359. The highest BCUT2D eigenvalue weighted by Gasteiger charge is 2.18. The van der Waals surface area contributed by atoms with Crippen LogP contribution in [0, 0.1) is 10.1 Å². The Labute approximate surface area is 158 Å². The van der Waals surface area contributed by atoms with Gasteiger partial charge >= 0.3 is 5.97 Å². The van der Waals surface area contributed by atoms with Crippen LogP contribution in [0.15, 0.2) is 53.4 Å². The van der Waals surface area contributed by atoms with E-state index in [9.17, 15) is 19.7 Å². The van der Waals surface area contributed by atoms with Crippen LogP contribution in [0.4, 0.5) is 11.4 Å². The van der Waals surface area contributed by atoms with E-state index in [0.717, 1.165) is 11.0 Å². The number of halogens is 1. The third kappa shape index (κ3) is 5.75. The number of hydrogen-bond acceptors (Lipinski definition) is 6. The van der Waals surface area contributed by atoms with E-state index in [1.165, 1.54) is 23.9 Å². The summed E-state index contributed by atoms with van der Waals surface area (Å²) in [6, 6.07) is 13.2. The van der Waals surface area contributed by atoms with Crippen molar-refractivity contribution in [2.24, 2.45) is 0 Å². The van der Waals surface area contributed by atoms with E-state index in [0.29, 0.717) is 0 Å². The van der Waals surface area contributed by atoms with Crippen LogP contribution >= 0.6 is 23.4 Å². The van der Waals surface area contributed by atoms with E-state index in [1.54, 1.807) is 6.92 Å². The summed E-state index contributed by atoms with van der Waals surface area (Å²) in [6.07, 6.45) is 0. The molecular formula is C17H15ClN2O5S. The molecule has 2 rings (SSSR count). The second-order valence-corrected chi connectivity index (χ2v) is 6.97. The van der Waals surface area contributed by atoms with Gasteiger partial charge < -0.3 is 10.1 Å². The summed E-state index contributed by atoms with van der Waals surface area (Å²) < 4.78 is 4.98. The highest BCUT2D eigenvalue weighted by molar-refractivity contribution is 8.00. The van der Waals surface area contributed by atoms with Gasteiger partial charge in [0, 0.05) is 16.6 Å². The zero-order valence-electron chi connectivity index (χ0n) is 13.7. The standard InChI is InChI=1S/C17H15ClN2O5S/c1-11(26-13-5-3-2-4-6-13)17(22)25-10-16(21)19-12-7-8-14(18)15(9-12)20(23)24/h2-9,11H,10H2,1H3,(H,19,21)/t11-/m0/s1. The summed E-state index contributed by atoms with van der Waals surface area (Å²) >= 11 is 7.02. The van der Waals surface area contributed by atoms with E-state index in [4.69, 9.17) is 16.3 Å². The first-order valence-electron chi connectivity index (χ1n) is 7.49. The SMILES string of the molecule is C[C@H](Sc1ccccc1)C(=O)OCC(=O)Nc1ccc(Cl)c([N+](=O)[O-])c1. The number of esters is 1. The second-order valence-electron chi connectivity index (χ2n) is 5.15. The molecule has 9 heteroatoms. The molecule has 1 atom stereocenters. The normalized spacial score (nSPS) is 11.5. The van der Waals surface area contributed by atoms with Crippen molar-refractivity contribution >= 4 is 46.6 Å². The van der Waals surface area contributed by atoms with Crippen LogP contribution in [0.2, 0.25) is 5.02 Å². The number of nitro benzene ring substituents is 1. The number of hydrogen-bond donors (Lipinski definition) is 1. The lowest BCUT2D eigenvalue weighted by molar-refractivity contribution is -0.384. The van der Waals surface area contributed by atoms with E-state index in [1.807, 2.05) is 30.3 Å². The van der Waals surface area contributed by atoms with Gasteiger partial charge in [0.1, 0.15) is 10.3 Å². The number of thioether (sulfide) groups is 1. The Kier molecular flexibility index (Phi) is 6.99. The smallest absolute Gasteiger partial charge is 0.319 e. The Hall–Kier alpha value is -2.58. The number of carbonyl (C=O) groups excluding carboxylic acids is 2. The Morgan fingerprint density at radius 2 is 1.96 bits per heavy atom. The number of benzene rings is 2. The van der Waals surface area contributed by atoms with Gasteiger partial charge in [-0.3, -0.25) is 19.7 Å². The summed E-state index contributed by atoms with van der Waals surface area (Å²) in [6.45, 7) is 1.19. The van der Waals surface area contributed by atoms with Crippen molar-refractivity contribution in [3.05, 3.63) is 63.7 Å². The molecule has 0 aliphatic heterocycles. The van der Waals surface area contributed by atoms with Crippen molar-refractivity contribution < 1.29 is 19.2 Å². The van der Waals surface area contributed by atoms with Gasteiger partial charge in [-0.25, -0.2) is 0 Å². The van der Waals surface area contributed by atoms with Gasteiger partial charge in [0.05, 0.1) is 4.92 Å². The summed E-state index contributed by atoms with van der Waals surface area (Å²) in [5.74, 6) is -1.14. The van der Waals surface area contributed by atoms with Crippen molar-refractivity contribution in [2.75, 3.05) is 11.9 Å². The van der Waals surface area contributed by atoms with E-state index >= 15 is 0 Å². The van der Waals surface area contributed by atoms with Crippen molar-refractivity contribution in [2.45, 2.75) is 17.1 Å². The van der Waals surface area contributed by atoms with Gasteiger partial charge in [-0.05, 0) is 31.2 Å². The Morgan fingerprint density at radius 1 is 1.27 bits per heavy atom. The maximum Gasteiger partial charge on any atom is 0.319 e. The molecule has 136 valence electrons. The molecule has 0 fully saturated rings. The molecule has 1 amide bonds. The highest BCUT2D eigenvalue weighted by atomic mass is 35.5. The number of carbonyl (C=O) groups is 2. The van der Waals surface area contributed by atoms with Gasteiger partial charge in [-0.1, -0.05) is 29.8 Å². The predicted molar refractivity (Wildman–Crippen MR) is 99.5 cm³/mol. The first-order valence-corrected chi connectivity index (χ1v) is 8.74. The van der Waals surface area contributed by atoms with E-state index in [-0.39, 0.29) is 16.4 Å². The molecular weight excluding hydrogens is 380 g/mol. The number of nitro groups is 1. The maximum atomic E-state index is 12.0. The largest absolute Gasteiger partial charge is 0.455 e. The fourth-order valence-electron chi connectivity index (χ4n) is 1.93. The first-order chi connectivity index (χ1) is 12.4. The topological polar surface area (TPSA) is 98.5 Å². The number of amides is 1. The van der Waals surface area contributed by atoms with Crippen molar-refractivity contribution in [3.8, 4) is 0 Å². The van der Waals surface area contributed by atoms with Crippen LogP contribution in [0.5, 0.6) is 0 Å². The molecule has 0 bridgehead atoms. The lowest BCUT2D eigenvalue weighted by atomic mass is 10.3. The van der Waals surface area contributed by atoms with Gasteiger partial charge in [-0.15, -0.1) is 11.8 Å². The van der Waals surface area contributed by atoms with Crippen LogP contribution in [-0.2, 0) is 14.3 Å². The summed E-state index contributed by atoms with van der Waals surface area (Å²) in [5, 5.41) is 12.7. The summed E-state index contributed by atoms with van der Waals surface area (Å²) in [5.41, 5.74) is -0.136. The van der Waals surface area contributed by atoms with Crippen molar-refractivity contribution in [1.29, 1.82) is 0 Å². The second kappa shape index (κ2) is 9.21. The molecule has 0 aromatic heterocycles. The molecule has 2 aromatic carbocycles. The molecule has 0 unspecified atom stereocenters.